The average molecular weight is 346 g/mol. The number of rotatable bonds is 6. The molecule has 1 aliphatic rings. The first-order chi connectivity index (χ1) is 11.9. The largest absolute Gasteiger partial charge is 0.381 e. The molecule has 0 aliphatic carbocycles. The molecule has 3 atom stereocenters. The van der Waals surface area contributed by atoms with Crippen LogP contribution in [-0.4, -0.2) is 37.1 Å². The van der Waals surface area contributed by atoms with E-state index in [2.05, 4.69) is 10.6 Å². The molecule has 2 amide bonds. The Bertz CT molecular complexity index is 594. The van der Waals surface area contributed by atoms with E-state index in [1.165, 1.54) is 0 Å². The van der Waals surface area contributed by atoms with Gasteiger partial charge < -0.3 is 15.4 Å². The van der Waals surface area contributed by atoms with Gasteiger partial charge >= 0.3 is 0 Å². The first-order valence-corrected chi connectivity index (χ1v) is 9.14. The summed E-state index contributed by atoms with van der Waals surface area (Å²) in [6.07, 6.45) is 2.09. The van der Waals surface area contributed by atoms with Gasteiger partial charge in [0.25, 0.3) is 5.91 Å². The molecule has 138 valence electrons. The fourth-order valence-electron chi connectivity index (χ4n) is 3.17. The Hall–Kier alpha value is -1.88. The fraction of sp³-hybridized carbons (Fsp3) is 0.600. The first kappa shape index (κ1) is 19.4. The predicted molar refractivity (Wildman–Crippen MR) is 98.4 cm³/mol. The predicted octanol–water partition coefficient (Wildman–Crippen LogP) is 2.68. The SMILES string of the molecule is Cc1ccccc1C(=O)N[C@H](C(=O)N[C@H](C)[C@H]1CCCOC1)C(C)C. The second-order valence-electron chi connectivity index (χ2n) is 7.28. The number of carbonyl (C=O) groups is 2. The molecule has 2 N–H and O–H groups in total. The molecule has 1 saturated heterocycles. The van der Waals surface area contributed by atoms with E-state index in [1.807, 2.05) is 45.9 Å². The molecule has 1 heterocycles. The molecule has 5 nitrogen and oxygen atoms in total. The second kappa shape index (κ2) is 8.99. The van der Waals surface area contributed by atoms with Gasteiger partial charge in [-0.25, -0.2) is 0 Å². The Balaban J connectivity index is 2.00. The summed E-state index contributed by atoms with van der Waals surface area (Å²) in [5.41, 5.74) is 1.50. The lowest BCUT2D eigenvalue weighted by Gasteiger charge is -2.30. The van der Waals surface area contributed by atoms with Crippen molar-refractivity contribution in [1.29, 1.82) is 0 Å². The maximum atomic E-state index is 12.7. The van der Waals surface area contributed by atoms with Crippen molar-refractivity contribution in [3.05, 3.63) is 35.4 Å². The lowest BCUT2D eigenvalue weighted by molar-refractivity contribution is -0.125. The van der Waals surface area contributed by atoms with Crippen LogP contribution in [0.3, 0.4) is 0 Å². The number of amides is 2. The number of aryl methyl sites for hydroxylation is 1. The van der Waals surface area contributed by atoms with E-state index in [0.717, 1.165) is 25.0 Å². The number of nitrogens with one attached hydrogen (secondary N) is 2. The molecular weight excluding hydrogens is 316 g/mol. The van der Waals surface area contributed by atoms with Crippen molar-refractivity contribution in [2.45, 2.75) is 52.6 Å². The highest BCUT2D eigenvalue weighted by atomic mass is 16.5. The minimum Gasteiger partial charge on any atom is -0.381 e. The molecule has 0 saturated carbocycles. The number of ether oxygens (including phenoxy) is 1. The highest BCUT2D eigenvalue weighted by Crippen LogP contribution is 2.18. The number of hydrogen-bond donors (Lipinski definition) is 2. The molecule has 2 rings (SSSR count). The van der Waals surface area contributed by atoms with Crippen LogP contribution in [0, 0.1) is 18.8 Å². The van der Waals surface area contributed by atoms with E-state index in [4.69, 9.17) is 4.74 Å². The number of carbonyl (C=O) groups excluding carboxylic acids is 2. The summed E-state index contributed by atoms with van der Waals surface area (Å²) in [6.45, 7) is 9.28. The van der Waals surface area contributed by atoms with Crippen LogP contribution in [0.5, 0.6) is 0 Å². The summed E-state index contributed by atoms with van der Waals surface area (Å²) < 4.78 is 5.51. The minimum atomic E-state index is -0.556. The maximum absolute atomic E-state index is 12.7. The Morgan fingerprint density at radius 3 is 2.48 bits per heavy atom. The molecule has 0 spiro atoms. The third kappa shape index (κ3) is 5.30. The number of benzene rings is 1. The van der Waals surface area contributed by atoms with Crippen LogP contribution in [0.1, 0.15) is 49.5 Å². The van der Waals surface area contributed by atoms with Gasteiger partial charge in [0, 0.05) is 24.1 Å². The van der Waals surface area contributed by atoms with Gasteiger partial charge in [-0.15, -0.1) is 0 Å². The first-order valence-electron chi connectivity index (χ1n) is 9.14. The van der Waals surface area contributed by atoms with Crippen molar-refractivity contribution in [2.24, 2.45) is 11.8 Å². The van der Waals surface area contributed by atoms with Crippen LogP contribution in [0.4, 0.5) is 0 Å². The third-order valence-corrected chi connectivity index (χ3v) is 4.90. The normalized spacial score (nSPS) is 20.0. The highest BCUT2D eigenvalue weighted by Gasteiger charge is 2.28. The zero-order chi connectivity index (χ0) is 18.4. The summed E-state index contributed by atoms with van der Waals surface area (Å²) in [6, 6.07) is 6.87. The molecule has 5 heteroatoms. The van der Waals surface area contributed by atoms with Crippen LogP contribution in [0.2, 0.25) is 0 Å². The van der Waals surface area contributed by atoms with Gasteiger partial charge in [0.05, 0.1) is 6.61 Å². The van der Waals surface area contributed by atoms with E-state index in [0.29, 0.717) is 18.1 Å². The molecule has 0 bridgehead atoms. The molecule has 0 aromatic heterocycles. The van der Waals surface area contributed by atoms with Gasteiger partial charge in [-0.2, -0.15) is 0 Å². The molecule has 25 heavy (non-hydrogen) atoms. The van der Waals surface area contributed by atoms with E-state index < -0.39 is 6.04 Å². The molecule has 1 aromatic rings. The third-order valence-electron chi connectivity index (χ3n) is 4.90. The summed E-state index contributed by atoms with van der Waals surface area (Å²) in [4.78, 5) is 25.3. The van der Waals surface area contributed by atoms with Gasteiger partial charge in [0.2, 0.25) is 5.91 Å². The molecule has 1 aromatic carbocycles. The van der Waals surface area contributed by atoms with Crippen LogP contribution in [-0.2, 0) is 9.53 Å². The monoisotopic (exact) mass is 346 g/mol. The van der Waals surface area contributed by atoms with Gasteiger partial charge in [0.1, 0.15) is 6.04 Å². The average Bonchev–Trinajstić information content (AvgIpc) is 2.60. The van der Waals surface area contributed by atoms with Crippen LogP contribution in [0.15, 0.2) is 24.3 Å². The van der Waals surface area contributed by atoms with Crippen molar-refractivity contribution < 1.29 is 14.3 Å². The van der Waals surface area contributed by atoms with Crippen LogP contribution < -0.4 is 10.6 Å². The van der Waals surface area contributed by atoms with Gasteiger partial charge in [0.15, 0.2) is 0 Å². The lowest BCUT2D eigenvalue weighted by Crippen LogP contribution is -2.53. The quantitative estimate of drug-likeness (QED) is 0.832. The highest BCUT2D eigenvalue weighted by molar-refractivity contribution is 5.98. The van der Waals surface area contributed by atoms with Crippen molar-refractivity contribution in [3.63, 3.8) is 0 Å². The Kier molecular flexibility index (Phi) is 7.00. The van der Waals surface area contributed by atoms with Crippen molar-refractivity contribution in [1.82, 2.24) is 10.6 Å². The van der Waals surface area contributed by atoms with Gasteiger partial charge in [-0.05, 0) is 44.2 Å². The second-order valence-corrected chi connectivity index (χ2v) is 7.28. The van der Waals surface area contributed by atoms with Crippen molar-refractivity contribution >= 4 is 11.8 Å². The van der Waals surface area contributed by atoms with E-state index in [-0.39, 0.29) is 23.8 Å². The van der Waals surface area contributed by atoms with Crippen LogP contribution >= 0.6 is 0 Å². The topological polar surface area (TPSA) is 67.4 Å². The Morgan fingerprint density at radius 1 is 1.16 bits per heavy atom. The molecule has 0 radical (unpaired) electrons. The van der Waals surface area contributed by atoms with E-state index in [9.17, 15) is 9.59 Å². The Morgan fingerprint density at radius 2 is 1.88 bits per heavy atom. The van der Waals surface area contributed by atoms with E-state index >= 15 is 0 Å². The molecular formula is C20H30N2O3. The summed E-state index contributed by atoms with van der Waals surface area (Å²) in [5.74, 6) is -0.00374. The van der Waals surface area contributed by atoms with E-state index in [1.54, 1.807) is 6.07 Å². The van der Waals surface area contributed by atoms with Gasteiger partial charge in [-0.3, -0.25) is 9.59 Å². The Labute approximate surface area is 150 Å². The zero-order valence-corrected chi connectivity index (χ0v) is 15.7. The summed E-state index contributed by atoms with van der Waals surface area (Å²) >= 11 is 0. The minimum absolute atomic E-state index is 0.00257. The molecule has 1 fully saturated rings. The van der Waals surface area contributed by atoms with Crippen LogP contribution in [0.25, 0.3) is 0 Å². The molecule has 0 unspecified atom stereocenters. The number of hydrogen-bond acceptors (Lipinski definition) is 3. The van der Waals surface area contributed by atoms with Crippen molar-refractivity contribution in [2.75, 3.05) is 13.2 Å². The lowest BCUT2D eigenvalue weighted by atomic mass is 9.94. The molecule has 1 aliphatic heterocycles. The maximum Gasteiger partial charge on any atom is 0.252 e. The van der Waals surface area contributed by atoms with Gasteiger partial charge in [-0.1, -0.05) is 32.0 Å². The summed E-state index contributed by atoms with van der Waals surface area (Å²) in [7, 11) is 0. The zero-order valence-electron chi connectivity index (χ0n) is 15.7. The van der Waals surface area contributed by atoms with Crippen molar-refractivity contribution in [3.8, 4) is 0 Å². The smallest absolute Gasteiger partial charge is 0.252 e. The fourth-order valence-corrected chi connectivity index (χ4v) is 3.17. The standard InChI is InChI=1S/C20H30N2O3/c1-13(2)18(22-19(23)17-10-6-5-8-14(17)3)20(24)21-15(4)16-9-7-11-25-12-16/h5-6,8,10,13,15-16,18H,7,9,11-12H2,1-4H3,(H,21,24)(H,22,23)/t15-,16+,18+/m1/s1. The summed E-state index contributed by atoms with van der Waals surface area (Å²) in [5, 5.41) is 5.97.